The molecule has 1 unspecified atom stereocenters. The number of benzene rings is 1. The molecule has 1 atom stereocenters. The van der Waals surface area contributed by atoms with Gasteiger partial charge in [0, 0.05) is 11.8 Å². The standard InChI is InChI=1S/C14H20N2O3/c1-14(6-7-15)10-16(13(17)9-19-14)11-4-3-5-12(8-11)18-2/h3-5,8H,6-7,9-10,15H2,1-2H3. The average molecular weight is 264 g/mol. The van der Waals surface area contributed by atoms with Crippen LogP contribution < -0.4 is 15.4 Å². The van der Waals surface area contributed by atoms with Crippen LogP contribution in [-0.2, 0) is 9.53 Å². The molecule has 1 saturated heterocycles. The first-order valence-electron chi connectivity index (χ1n) is 6.36. The third-order valence-electron chi connectivity index (χ3n) is 3.38. The van der Waals surface area contributed by atoms with Crippen molar-refractivity contribution < 1.29 is 14.3 Å². The molecule has 0 aromatic heterocycles. The van der Waals surface area contributed by atoms with Crippen molar-refractivity contribution in [3.63, 3.8) is 0 Å². The van der Waals surface area contributed by atoms with Gasteiger partial charge in [0.2, 0.25) is 0 Å². The van der Waals surface area contributed by atoms with Crippen molar-refractivity contribution in [1.29, 1.82) is 0 Å². The van der Waals surface area contributed by atoms with Gasteiger partial charge in [-0.05, 0) is 32.0 Å². The van der Waals surface area contributed by atoms with Gasteiger partial charge in [0.1, 0.15) is 12.4 Å². The van der Waals surface area contributed by atoms with E-state index in [4.69, 9.17) is 15.2 Å². The fourth-order valence-electron chi connectivity index (χ4n) is 2.25. The molecule has 0 spiro atoms. The lowest BCUT2D eigenvalue weighted by molar-refractivity contribution is -0.137. The van der Waals surface area contributed by atoms with Crippen LogP contribution in [0.2, 0.25) is 0 Å². The first kappa shape index (κ1) is 13.8. The third-order valence-corrected chi connectivity index (χ3v) is 3.38. The van der Waals surface area contributed by atoms with Gasteiger partial charge in [-0.1, -0.05) is 6.07 Å². The van der Waals surface area contributed by atoms with Crippen LogP contribution in [0.15, 0.2) is 24.3 Å². The zero-order valence-electron chi connectivity index (χ0n) is 11.4. The summed E-state index contributed by atoms with van der Waals surface area (Å²) in [6, 6.07) is 7.48. The average Bonchev–Trinajstić information content (AvgIpc) is 2.42. The number of nitrogens with two attached hydrogens (primary N) is 1. The number of hydrogen-bond donors (Lipinski definition) is 1. The van der Waals surface area contributed by atoms with E-state index in [9.17, 15) is 4.79 Å². The number of morpholine rings is 1. The van der Waals surface area contributed by atoms with Crippen LogP contribution in [0.5, 0.6) is 5.75 Å². The predicted molar refractivity (Wildman–Crippen MR) is 73.4 cm³/mol. The van der Waals surface area contributed by atoms with Crippen molar-refractivity contribution in [2.45, 2.75) is 18.9 Å². The van der Waals surface area contributed by atoms with Crippen LogP contribution in [0.1, 0.15) is 13.3 Å². The highest BCUT2D eigenvalue weighted by atomic mass is 16.5. The molecule has 0 aliphatic carbocycles. The number of carbonyl (C=O) groups excluding carboxylic acids is 1. The van der Waals surface area contributed by atoms with Gasteiger partial charge in [0.05, 0.1) is 19.3 Å². The van der Waals surface area contributed by atoms with Crippen LogP contribution in [-0.4, -0.2) is 38.3 Å². The minimum absolute atomic E-state index is 0.0391. The van der Waals surface area contributed by atoms with Crippen LogP contribution in [0, 0.1) is 0 Å². The quantitative estimate of drug-likeness (QED) is 0.886. The molecule has 19 heavy (non-hydrogen) atoms. The maximum absolute atomic E-state index is 12.0. The van der Waals surface area contributed by atoms with E-state index in [1.54, 1.807) is 12.0 Å². The third kappa shape index (κ3) is 3.05. The molecule has 1 amide bonds. The lowest BCUT2D eigenvalue weighted by atomic mass is 9.99. The summed E-state index contributed by atoms with van der Waals surface area (Å²) in [5, 5.41) is 0. The second-order valence-corrected chi connectivity index (χ2v) is 4.96. The Morgan fingerprint density at radius 3 is 3.00 bits per heavy atom. The minimum atomic E-state index is -0.383. The predicted octanol–water partition coefficient (Wildman–Crippen LogP) is 1.17. The second-order valence-electron chi connectivity index (χ2n) is 4.96. The van der Waals surface area contributed by atoms with Crippen molar-refractivity contribution in [2.24, 2.45) is 5.73 Å². The lowest BCUT2D eigenvalue weighted by Gasteiger charge is -2.40. The molecule has 5 nitrogen and oxygen atoms in total. The van der Waals surface area contributed by atoms with E-state index < -0.39 is 0 Å². The van der Waals surface area contributed by atoms with Gasteiger partial charge in [-0.25, -0.2) is 0 Å². The summed E-state index contributed by atoms with van der Waals surface area (Å²) >= 11 is 0. The van der Waals surface area contributed by atoms with Crippen LogP contribution in [0.4, 0.5) is 5.69 Å². The molecule has 1 aliphatic heterocycles. The normalized spacial score (nSPS) is 23.5. The molecule has 5 heteroatoms. The van der Waals surface area contributed by atoms with Gasteiger partial charge < -0.3 is 20.1 Å². The molecule has 0 saturated carbocycles. The van der Waals surface area contributed by atoms with Crippen molar-refractivity contribution in [1.82, 2.24) is 0 Å². The van der Waals surface area contributed by atoms with Gasteiger partial charge in [-0.3, -0.25) is 4.79 Å². The highest BCUT2D eigenvalue weighted by molar-refractivity contribution is 5.95. The molecule has 2 rings (SSSR count). The summed E-state index contributed by atoms with van der Waals surface area (Å²) in [6.45, 7) is 3.13. The SMILES string of the molecule is COc1cccc(N2CC(C)(CCN)OCC2=O)c1. The Balaban J connectivity index is 2.23. The molecule has 104 valence electrons. The monoisotopic (exact) mass is 264 g/mol. The number of amides is 1. The van der Waals surface area contributed by atoms with E-state index in [1.807, 2.05) is 31.2 Å². The molecule has 0 bridgehead atoms. The van der Waals surface area contributed by atoms with Crippen molar-refractivity contribution in [2.75, 3.05) is 31.7 Å². The Morgan fingerprint density at radius 2 is 2.32 bits per heavy atom. The molecular formula is C14H20N2O3. The van der Waals surface area contributed by atoms with E-state index in [1.165, 1.54) is 0 Å². The smallest absolute Gasteiger partial charge is 0.253 e. The van der Waals surface area contributed by atoms with E-state index in [2.05, 4.69) is 0 Å². The Hall–Kier alpha value is -1.59. The maximum atomic E-state index is 12.0. The maximum Gasteiger partial charge on any atom is 0.253 e. The van der Waals surface area contributed by atoms with Crippen LogP contribution >= 0.6 is 0 Å². The zero-order valence-corrected chi connectivity index (χ0v) is 11.4. The summed E-state index contributed by atoms with van der Waals surface area (Å²) in [5.41, 5.74) is 6.05. The van der Waals surface area contributed by atoms with E-state index in [-0.39, 0.29) is 18.1 Å². The van der Waals surface area contributed by atoms with Crippen molar-refractivity contribution in [3.8, 4) is 5.75 Å². The first-order chi connectivity index (χ1) is 9.08. The van der Waals surface area contributed by atoms with Crippen LogP contribution in [0.3, 0.4) is 0 Å². The van der Waals surface area contributed by atoms with Crippen LogP contribution in [0.25, 0.3) is 0 Å². The summed E-state index contributed by atoms with van der Waals surface area (Å²) in [7, 11) is 1.61. The Bertz CT molecular complexity index is 464. The van der Waals surface area contributed by atoms with Crippen molar-refractivity contribution in [3.05, 3.63) is 24.3 Å². The lowest BCUT2D eigenvalue weighted by Crippen LogP contribution is -2.54. The molecule has 2 N–H and O–H groups in total. The minimum Gasteiger partial charge on any atom is -0.497 e. The molecular weight excluding hydrogens is 244 g/mol. The number of rotatable bonds is 4. The number of nitrogens with zero attached hydrogens (tertiary/aromatic N) is 1. The Morgan fingerprint density at radius 1 is 1.53 bits per heavy atom. The van der Waals surface area contributed by atoms with Gasteiger partial charge in [-0.15, -0.1) is 0 Å². The highest BCUT2D eigenvalue weighted by Gasteiger charge is 2.36. The summed E-state index contributed by atoms with van der Waals surface area (Å²) < 4.78 is 10.8. The molecule has 1 fully saturated rings. The Labute approximate surface area is 113 Å². The molecule has 1 aromatic rings. The van der Waals surface area contributed by atoms with E-state index in [0.717, 1.165) is 17.9 Å². The van der Waals surface area contributed by atoms with Gasteiger partial charge in [-0.2, -0.15) is 0 Å². The highest BCUT2D eigenvalue weighted by Crippen LogP contribution is 2.28. The number of anilines is 1. The summed E-state index contributed by atoms with van der Waals surface area (Å²) in [4.78, 5) is 13.8. The fourth-order valence-corrected chi connectivity index (χ4v) is 2.25. The Kier molecular flexibility index (Phi) is 4.07. The molecule has 1 heterocycles. The topological polar surface area (TPSA) is 64.8 Å². The summed E-state index contributed by atoms with van der Waals surface area (Å²) in [6.07, 6.45) is 0.723. The van der Waals surface area contributed by atoms with Crippen molar-refractivity contribution >= 4 is 11.6 Å². The molecule has 1 aliphatic rings. The first-order valence-corrected chi connectivity index (χ1v) is 6.36. The van der Waals surface area contributed by atoms with Gasteiger partial charge in [0.15, 0.2) is 0 Å². The molecule has 0 radical (unpaired) electrons. The number of ether oxygens (including phenoxy) is 2. The largest absolute Gasteiger partial charge is 0.497 e. The van der Waals surface area contributed by atoms with E-state index >= 15 is 0 Å². The number of carbonyl (C=O) groups is 1. The van der Waals surface area contributed by atoms with Gasteiger partial charge in [0.25, 0.3) is 5.91 Å². The zero-order chi connectivity index (χ0) is 13.9. The van der Waals surface area contributed by atoms with Gasteiger partial charge >= 0.3 is 0 Å². The van der Waals surface area contributed by atoms with E-state index in [0.29, 0.717) is 13.1 Å². The number of hydrogen-bond acceptors (Lipinski definition) is 4. The second kappa shape index (κ2) is 5.59. The number of methoxy groups -OCH3 is 1. The molecule has 1 aromatic carbocycles. The summed E-state index contributed by atoms with van der Waals surface area (Å²) in [5.74, 6) is 0.695. The fraction of sp³-hybridized carbons (Fsp3) is 0.500.